The number of carbonyl (C=O) groups is 2. The summed E-state index contributed by atoms with van der Waals surface area (Å²) in [6.45, 7) is 2.98. The van der Waals surface area contributed by atoms with Crippen LogP contribution in [0.3, 0.4) is 0 Å². The van der Waals surface area contributed by atoms with Crippen LogP contribution >= 0.6 is 11.8 Å². The molecule has 0 aromatic heterocycles. The van der Waals surface area contributed by atoms with Gasteiger partial charge in [-0.1, -0.05) is 103 Å². The predicted octanol–water partition coefficient (Wildman–Crippen LogP) is 7.20. The Morgan fingerprint density at radius 3 is 1.71 bits per heavy atom. The molecule has 3 amide bonds. The number of nitrogens with one attached hydrogen (secondary N) is 1. The van der Waals surface area contributed by atoms with E-state index in [2.05, 4.69) is 12.2 Å². The second-order valence-corrected chi connectivity index (χ2v) is 10.5. The summed E-state index contributed by atoms with van der Waals surface area (Å²) in [5, 5.41) is 12.1. The molecule has 1 aromatic rings. The van der Waals surface area contributed by atoms with Crippen LogP contribution in [0.4, 0.5) is 4.79 Å². The number of benzene rings is 1. The summed E-state index contributed by atoms with van der Waals surface area (Å²) >= 11 is 1.38. The average molecular weight is 508 g/mol. The highest BCUT2D eigenvalue weighted by atomic mass is 32.2. The Balaban J connectivity index is 1.96. The summed E-state index contributed by atoms with van der Waals surface area (Å²) in [6.07, 6.45) is 20.9. The molecular formula is C28H49N3O3S. The fraction of sp³-hybridized carbons (Fsp3) is 0.714. The zero-order chi connectivity index (χ0) is 25.6. The smallest absolute Gasteiger partial charge is 0.316 e. The van der Waals surface area contributed by atoms with E-state index in [0.29, 0.717) is 6.54 Å². The molecule has 0 heterocycles. The van der Waals surface area contributed by atoms with Crippen LogP contribution in [0.5, 0.6) is 5.75 Å². The van der Waals surface area contributed by atoms with Crippen molar-refractivity contribution in [1.82, 2.24) is 10.2 Å². The molecule has 0 unspecified atom stereocenters. The monoisotopic (exact) mass is 507 g/mol. The van der Waals surface area contributed by atoms with E-state index in [1.165, 1.54) is 107 Å². The van der Waals surface area contributed by atoms with Crippen LogP contribution in [-0.2, 0) is 4.79 Å². The van der Waals surface area contributed by atoms with Crippen molar-refractivity contribution in [2.24, 2.45) is 5.73 Å². The van der Waals surface area contributed by atoms with Gasteiger partial charge < -0.3 is 21.1 Å². The largest absolute Gasteiger partial charge is 0.508 e. The predicted molar refractivity (Wildman–Crippen MR) is 148 cm³/mol. The van der Waals surface area contributed by atoms with Gasteiger partial charge in [-0.2, -0.15) is 0 Å². The number of unbranched alkanes of at least 4 members (excludes halogenated alkanes) is 15. The van der Waals surface area contributed by atoms with Gasteiger partial charge in [0.05, 0.1) is 12.4 Å². The molecule has 4 N–H and O–H groups in total. The van der Waals surface area contributed by atoms with Gasteiger partial charge >= 0.3 is 6.03 Å². The van der Waals surface area contributed by atoms with Gasteiger partial charge in [-0.05, 0) is 30.7 Å². The number of phenolic OH excluding ortho intramolecular Hbond substituents is 1. The van der Waals surface area contributed by atoms with Gasteiger partial charge in [0.25, 0.3) is 0 Å². The molecule has 0 aliphatic rings. The first kappa shape index (κ1) is 31.1. The normalized spacial score (nSPS) is 10.9. The minimum absolute atomic E-state index is 0.142. The second kappa shape index (κ2) is 21.4. The van der Waals surface area contributed by atoms with Gasteiger partial charge in [0.15, 0.2) is 0 Å². The molecule has 0 bridgehead atoms. The number of phenols is 1. The molecule has 35 heavy (non-hydrogen) atoms. The van der Waals surface area contributed by atoms with E-state index in [-0.39, 0.29) is 24.1 Å². The van der Waals surface area contributed by atoms with E-state index >= 15 is 0 Å². The number of carbonyl (C=O) groups excluding carboxylic acids is 2. The second-order valence-electron chi connectivity index (χ2n) is 9.45. The summed E-state index contributed by atoms with van der Waals surface area (Å²) in [7, 11) is 0. The van der Waals surface area contributed by atoms with Crippen LogP contribution in [0.1, 0.15) is 110 Å². The fourth-order valence-electron chi connectivity index (χ4n) is 4.04. The minimum atomic E-state index is -0.502. The number of amides is 3. The maximum absolute atomic E-state index is 12.1. The third-order valence-corrected chi connectivity index (χ3v) is 7.28. The van der Waals surface area contributed by atoms with E-state index in [1.54, 1.807) is 24.3 Å². The van der Waals surface area contributed by atoms with Crippen LogP contribution in [-0.4, -0.2) is 40.9 Å². The zero-order valence-electron chi connectivity index (χ0n) is 21.9. The third-order valence-electron chi connectivity index (χ3n) is 6.27. The van der Waals surface area contributed by atoms with Crippen LogP contribution in [0, 0.1) is 0 Å². The Bertz CT molecular complexity index is 670. The van der Waals surface area contributed by atoms with E-state index in [1.807, 2.05) is 0 Å². The standard InChI is InChI=1S/C28H49N3O3S/c1-2-3-4-5-6-7-8-9-10-11-12-13-14-15-16-17-22-31(28(29)34)24-30-27(33)23-35-26-20-18-25(32)19-21-26/h18-21,32H,2-17,22-24H2,1H3,(H2,29,34)(H,30,33). The Hall–Kier alpha value is -1.89. The van der Waals surface area contributed by atoms with Gasteiger partial charge in [0.2, 0.25) is 5.91 Å². The molecule has 6 nitrogen and oxygen atoms in total. The lowest BCUT2D eigenvalue weighted by Gasteiger charge is -2.20. The van der Waals surface area contributed by atoms with E-state index in [9.17, 15) is 14.7 Å². The van der Waals surface area contributed by atoms with Crippen molar-refractivity contribution in [3.05, 3.63) is 24.3 Å². The van der Waals surface area contributed by atoms with Gasteiger partial charge in [-0.15, -0.1) is 11.8 Å². The van der Waals surface area contributed by atoms with Gasteiger partial charge in [-0.25, -0.2) is 4.79 Å². The van der Waals surface area contributed by atoms with E-state index in [0.717, 1.165) is 17.7 Å². The molecule has 1 rings (SSSR count). The number of hydrogen-bond donors (Lipinski definition) is 3. The minimum Gasteiger partial charge on any atom is -0.508 e. The van der Waals surface area contributed by atoms with Gasteiger partial charge in [0.1, 0.15) is 5.75 Å². The first-order valence-corrected chi connectivity index (χ1v) is 14.7. The van der Waals surface area contributed by atoms with Crippen molar-refractivity contribution in [3.8, 4) is 5.75 Å². The number of primary amides is 1. The highest BCUT2D eigenvalue weighted by Gasteiger charge is 2.11. The zero-order valence-corrected chi connectivity index (χ0v) is 22.8. The maximum Gasteiger partial charge on any atom is 0.316 e. The highest BCUT2D eigenvalue weighted by molar-refractivity contribution is 8.00. The van der Waals surface area contributed by atoms with Crippen LogP contribution < -0.4 is 11.1 Å². The highest BCUT2D eigenvalue weighted by Crippen LogP contribution is 2.20. The topological polar surface area (TPSA) is 95.7 Å². The van der Waals surface area contributed by atoms with Gasteiger partial charge in [-0.3, -0.25) is 4.79 Å². The van der Waals surface area contributed by atoms with Gasteiger partial charge in [0, 0.05) is 11.4 Å². The number of thioether (sulfide) groups is 1. The number of hydrogen-bond acceptors (Lipinski definition) is 4. The molecule has 0 radical (unpaired) electrons. The number of urea groups is 1. The number of aromatic hydroxyl groups is 1. The van der Waals surface area contributed by atoms with Crippen molar-refractivity contribution < 1.29 is 14.7 Å². The quantitative estimate of drug-likeness (QED) is 0.0878. The molecule has 0 spiro atoms. The molecule has 7 heteroatoms. The molecule has 0 saturated heterocycles. The fourth-order valence-corrected chi connectivity index (χ4v) is 4.77. The Morgan fingerprint density at radius 1 is 0.800 bits per heavy atom. The Morgan fingerprint density at radius 2 is 1.26 bits per heavy atom. The van der Waals surface area contributed by atoms with Crippen molar-refractivity contribution in [1.29, 1.82) is 0 Å². The lowest BCUT2D eigenvalue weighted by atomic mass is 10.0. The molecule has 0 aliphatic carbocycles. The van der Waals surface area contributed by atoms with Crippen LogP contribution in [0.25, 0.3) is 0 Å². The first-order chi connectivity index (χ1) is 17.0. The molecular weight excluding hydrogens is 458 g/mol. The maximum atomic E-state index is 12.1. The number of rotatable bonds is 22. The van der Waals surface area contributed by atoms with E-state index < -0.39 is 6.03 Å². The van der Waals surface area contributed by atoms with Crippen molar-refractivity contribution in [2.75, 3.05) is 19.0 Å². The Labute approximate surface area is 217 Å². The number of nitrogens with two attached hydrogens (primary N) is 1. The molecule has 0 fully saturated rings. The van der Waals surface area contributed by atoms with Crippen molar-refractivity contribution in [3.63, 3.8) is 0 Å². The molecule has 0 atom stereocenters. The van der Waals surface area contributed by atoms with Crippen molar-refractivity contribution in [2.45, 2.75) is 115 Å². The van der Waals surface area contributed by atoms with E-state index in [4.69, 9.17) is 5.73 Å². The van der Waals surface area contributed by atoms with Crippen molar-refractivity contribution >= 4 is 23.7 Å². The van der Waals surface area contributed by atoms with Crippen LogP contribution in [0.15, 0.2) is 29.2 Å². The molecule has 0 saturated carbocycles. The lowest BCUT2D eigenvalue weighted by Crippen LogP contribution is -2.44. The molecule has 0 aliphatic heterocycles. The summed E-state index contributed by atoms with van der Waals surface area (Å²) in [6, 6.07) is 6.21. The summed E-state index contributed by atoms with van der Waals surface area (Å²) in [5.41, 5.74) is 5.48. The Kier molecular flexibility index (Phi) is 19.0. The average Bonchev–Trinajstić information content (AvgIpc) is 2.85. The van der Waals surface area contributed by atoms with Crippen LogP contribution in [0.2, 0.25) is 0 Å². The number of nitrogens with zero attached hydrogens (tertiary/aromatic N) is 1. The summed E-state index contributed by atoms with van der Waals surface area (Å²) in [5.74, 6) is 0.294. The first-order valence-electron chi connectivity index (χ1n) is 13.8. The molecule has 1 aromatic carbocycles. The third kappa shape index (κ3) is 18.1. The summed E-state index contributed by atoms with van der Waals surface area (Å²) in [4.78, 5) is 26.2. The SMILES string of the molecule is CCCCCCCCCCCCCCCCCCN(CNC(=O)CSc1ccc(O)cc1)C(N)=O. The molecule has 200 valence electrons. The lowest BCUT2D eigenvalue weighted by molar-refractivity contribution is -0.119. The summed E-state index contributed by atoms with van der Waals surface area (Å²) < 4.78 is 0.